The summed E-state index contributed by atoms with van der Waals surface area (Å²) in [5.41, 5.74) is 1.18. The molecule has 0 bridgehead atoms. The molecule has 0 saturated carbocycles. The number of hydrogen-bond donors (Lipinski definition) is 1. The van der Waals surface area contributed by atoms with Crippen molar-refractivity contribution in [1.82, 2.24) is 5.32 Å². The van der Waals surface area contributed by atoms with Gasteiger partial charge in [-0.05, 0) is 36.6 Å². The Morgan fingerprint density at radius 1 is 1.08 bits per heavy atom. The van der Waals surface area contributed by atoms with Gasteiger partial charge in [0.1, 0.15) is 6.04 Å². The SMILES string of the molecule is C#Cc1ccc(C(=O)N[C@H](C(=O)OCCCCCCCC)C(C)C)cc1. The van der Waals surface area contributed by atoms with Crippen molar-refractivity contribution in [3.8, 4) is 12.3 Å². The van der Waals surface area contributed by atoms with E-state index in [1.807, 2.05) is 13.8 Å². The van der Waals surface area contributed by atoms with Crippen LogP contribution in [0.15, 0.2) is 24.3 Å². The second-order valence-corrected chi connectivity index (χ2v) is 6.85. The number of terminal acetylenes is 1. The standard InChI is InChI=1S/C22H31NO3/c1-5-7-8-9-10-11-16-26-22(25)20(17(3)4)23-21(24)19-14-12-18(6-2)13-15-19/h2,12-15,17,20H,5,7-11,16H2,1,3-4H3,(H,23,24)/t20-/m0/s1. The van der Waals surface area contributed by atoms with Crippen LogP contribution in [-0.4, -0.2) is 24.5 Å². The molecule has 0 aliphatic carbocycles. The smallest absolute Gasteiger partial charge is 0.328 e. The first-order chi connectivity index (χ1) is 12.5. The number of amides is 1. The van der Waals surface area contributed by atoms with E-state index in [0.717, 1.165) is 12.8 Å². The lowest BCUT2D eigenvalue weighted by Gasteiger charge is -2.21. The molecule has 1 N–H and O–H groups in total. The van der Waals surface area contributed by atoms with E-state index in [1.165, 1.54) is 25.7 Å². The minimum absolute atomic E-state index is 0.0546. The Kier molecular flexibility index (Phi) is 10.2. The third kappa shape index (κ3) is 7.74. The third-order valence-corrected chi connectivity index (χ3v) is 4.26. The number of nitrogens with one attached hydrogen (secondary N) is 1. The fourth-order valence-electron chi connectivity index (χ4n) is 2.59. The van der Waals surface area contributed by atoms with Crippen LogP contribution in [0.4, 0.5) is 0 Å². The van der Waals surface area contributed by atoms with Crippen molar-refractivity contribution in [2.24, 2.45) is 5.92 Å². The zero-order chi connectivity index (χ0) is 19.4. The second-order valence-electron chi connectivity index (χ2n) is 6.85. The maximum absolute atomic E-state index is 12.4. The van der Waals surface area contributed by atoms with Crippen LogP contribution in [0.1, 0.15) is 75.2 Å². The summed E-state index contributed by atoms with van der Waals surface area (Å²) in [6, 6.07) is 6.06. The molecular weight excluding hydrogens is 326 g/mol. The van der Waals surface area contributed by atoms with E-state index < -0.39 is 6.04 Å². The van der Waals surface area contributed by atoms with Crippen molar-refractivity contribution in [2.45, 2.75) is 65.3 Å². The van der Waals surface area contributed by atoms with Gasteiger partial charge in [-0.25, -0.2) is 4.79 Å². The molecule has 0 saturated heterocycles. The van der Waals surface area contributed by atoms with E-state index in [-0.39, 0.29) is 17.8 Å². The summed E-state index contributed by atoms with van der Waals surface area (Å²) in [5, 5.41) is 2.77. The molecule has 0 heterocycles. The minimum Gasteiger partial charge on any atom is -0.464 e. The van der Waals surface area contributed by atoms with E-state index in [9.17, 15) is 9.59 Å². The Balaban J connectivity index is 2.47. The number of benzene rings is 1. The molecule has 0 aliphatic rings. The number of rotatable bonds is 11. The maximum atomic E-state index is 12.4. The third-order valence-electron chi connectivity index (χ3n) is 4.26. The molecule has 1 atom stereocenters. The molecule has 1 amide bonds. The van der Waals surface area contributed by atoms with E-state index in [0.29, 0.717) is 17.7 Å². The topological polar surface area (TPSA) is 55.4 Å². The van der Waals surface area contributed by atoms with Gasteiger partial charge in [0, 0.05) is 11.1 Å². The zero-order valence-corrected chi connectivity index (χ0v) is 16.2. The molecule has 0 aromatic heterocycles. The summed E-state index contributed by atoms with van der Waals surface area (Å²) in [7, 11) is 0. The quantitative estimate of drug-likeness (QED) is 0.364. The van der Waals surface area contributed by atoms with E-state index in [1.54, 1.807) is 24.3 Å². The Morgan fingerprint density at radius 2 is 1.69 bits per heavy atom. The number of esters is 1. The number of ether oxygens (including phenoxy) is 1. The normalized spacial score (nSPS) is 11.7. The van der Waals surface area contributed by atoms with Crippen molar-refractivity contribution in [3.63, 3.8) is 0 Å². The summed E-state index contributed by atoms with van der Waals surface area (Å²) < 4.78 is 5.37. The highest BCUT2D eigenvalue weighted by Crippen LogP contribution is 2.09. The lowest BCUT2D eigenvalue weighted by Crippen LogP contribution is -2.45. The van der Waals surface area contributed by atoms with Crippen LogP contribution >= 0.6 is 0 Å². The fourth-order valence-corrected chi connectivity index (χ4v) is 2.59. The summed E-state index contributed by atoms with van der Waals surface area (Å²) in [6.45, 7) is 6.36. The van der Waals surface area contributed by atoms with Gasteiger partial charge < -0.3 is 10.1 Å². The maximum Gasteiger partial charge on any atom is 0.328 e. The lowest BCUT2D eigenvalue weighted by atomic mass is 10.0. The molecule has 26 heavy (non-hydrogen) atoms. The Bertz CT molecular complexity index is 599. The van der Waals surface area contributed by atoms with Crippen molar-refractivity contribution in [2.75, 3.05) is 6.61 Å². The highest BCUT2D eigenvalue weighted by Gasteiger charge is 2.26. The van der Waals surface area contributed by atoms with Crippen LogP contribution in [0, 0.1) is 18.3 Å². The van der Waals surface area contributed by atoms with Crippen LogP contribution in [0.2, 0.25) is 0 Å². The first kappa shape index (κ1) is 21.8. The van der Waals surface area contributed by atoms with Gasteiger partial charge in [-0.3, -0.25) is 4.79 Å². The van der Waals surface area contributed by atoms with Gasteiger partial charge in [0.25, 0.3) is 5.91 Å². The van der Waals surface area contributed by atoms with Crippen molar-refractivity contribution < 1.29 is 14.3 Å². The average molecular weight is 357 g/mol. The van der Waals surface area contributed by atoms with Gasteiger partial charge >= 0.3 is 5.97 Å². The highest BCUT2D eigenvalue weighted by atomic mass is 16.5. The predicted molar refractivity (Wildman–Crippen MR) is 105 cm³/mol. The van der Waals surface area contributed by atoms with Gasteiger partial charge in [0.05, 0.1) is 6.61 Å². The number of hydrogen-bond acceptors (Lipinski definition) is 3. The van der Waals surface area contributed by atoms with E-state index in [2.05, 4.69) is 18.2 Å². The fraction of sp³-hybridized carbons (Fsp3) is 0.545. The predicted octanol–water partition coefficient (Wildman–Crippen LogP) is 4.33. The number of carbonyl (C=O) groups is 2. The van der Waals surface area contributed by atoms with Gasteiger partial charge in [0.15, 0.2) is 0 Å². The molecule has 0 unspecified atom stereocenters. The first-order valence-corrected chi connectivity index (χ1v) is 9.53. The average Bonchev–Trinajstić information content (AvgIpc) is 2.64. The molecule has 1 aromatic carbocycles. The largest absolute Gasteiger partial charge is 0.464 e. The van der Waals surface area contributed by atoms with E-state index in [4.69, 9.17) is 11.2 Å². The number of unbranched alkanes of at least 4 members (excludes halogenated alkanes) is 5. The van der Waals surface area contributed by atoms with Crippen LogP contribution in [0.3, 0.4) is 0 Å². The molecular formula is C22H31NO3. The molecule has 0 radical (unpaired) electrons. The molecule has 0 aliphatic heterocycles. The van der Waals surface area contributed by atoms with Gasteiger partial charge in [-0.2, -0.15) is 0 Å². The molecule has 142 valence electrons. The van der Waals surface area contributed by atoms with Gasteiger partial charge in [-0.1, -0.05) is 58.8 Å². The van der Waals surface area contributed by atoms with Crippen molar-refractivity contribution >= 4 is 11.9 Å². The minimum atomic E-state index is -0.657. The van der Waals surface area contributed by atoms with Gasteiger partial charge in [-0.15, -0.1) is 6.42 Å². The zero-order valence-electron chi connectivity index (χ0n) is 16.2. The Morgan fingerprint density at radius 3 is 2.27 bits per heavy atom. The molecule has 4 nitrogen and oxygen atoms in total. The van der Waals surface area contributed by atoms with E-state index >= 15 is 0 Å². The number of carbonyl (C=O) groups excluding carboxylic acids is 2. The Hall–Kier alpha value is -2.28. The van der Waals surface area contributed by atoms with Crippen molar-refractivity contribution in [3.05, 3.63) is 35.4 Å². The summed E-state index contributed by atoms with van der Waals surface area (Å²) >= 11 is 0. The molecule has 1 rings (SSSR count). The second kappa shape index (κ2) is 12.1. The molecule has 0 spiro atoms. The van der Waals surface area contributed by atoms with Gasteiger partial charge in [0.2, 0.25) is 0 Å². The first-order valence-electron chi connectivity index (χ1n) is 9.53. The van der Waals surface area contributed by atoms with Crippen LogP contribution < -0.4 is 5.32 Å². The summed E-state index contributed by atoms with van der Waals surface area (Å²) in [4.78, 5) is 24.7. The van der Waals surface area contributed by atoms with Crippen molar-refractivity contribution in [1.29, 1.82) is 0 Å². The Labute approximate surface area is 157 Å². The van der Waals surface area contributed by atoms with Crippen LogP contribution in [0.25, 0.3) is 0 Å². The molecule has 1 aromatic rings. The lowest BCUT2D eigenvalue weighted by molar-refractivity contribution is -0.147. The van der Waals surface area contributed by atoms with Crippen LogP contribution in [0.5, 0.6) is 0 Å². The monoisotopic (exact) mass is 357 g/mol. The highest BCUT2D eigenvalue weighted by molar-refractivity contribution is 5.96. The summed E-state index contributed by atoms with van der Waals surface area (Å²) in [5.74, 6) is 1.78. The molecule has 0 fully saturated rings. The van der Waals surface area contributed by atoms with Crippen LogP contribution in [-0.2, 0) is 9.53 Å². The molecule has 4 heteroatoms. The summed E-state index contributed by atoms with van der Waals surface area (Å²) in [6.07, 6.45) is 12.1.